The molecule has 0 radical (unpaired) electrons. The van der Waals surface area contributed by atoms with Gasteiger partial charge in [0.05, 0.1) is 5.69 Å². The van der Waals surface area contributed by atoms with Crippen LogP contribution in [0.15, 0.2) is 42.7 Å². The number of benzene rings is 1. The van der Waals surface area contributed by atoms with Gasteiger partial charge in [-0.25, -0.2) is 8.91 Å². The molecule has 1 aromatic carbocycles. The van der Waals surface area contributed by atoms with E-state index in [1.165, 1.54) is 25.0 Å². The minimum atomic E-state index is -0.280. The summed E-state index contributed by atoms with van der Waals surface area (Å²) < 4.78 is 16.8. The molecular formula is C22H24FN7O. The molecule has 8 nitrogen and oxygen atoms in total. The summed E-state index contributed by atoms with van der Waals surface area (Å²) in [5, 5.41) is 16.2. The zero-order chi connectivity index (χ0) is 21.2. The fourth-order valence-electron chi connectivity index (χ4n) is 4.07. The summed E-state index contributed by atoms with van der Waals surface area (Å²) in [6.45, 7) is 3.86. The van der Waals surface area contributed by atoms with Crippen molar-refractivity contribution in [3.63, 3.8) is 0 Å². The van der Waals surface area contributed by atoms with Crippen molar-refractivity contribution in [1.82, 2.24) is 34.4 Å². The number of nitrogens with zero attached hydrogens (tertiary/aromatic N) is 6. The highest BCUT2D eigenvalue weighted by atomic mass is 19.1. The highest BCUT2D eigenvalue weighted by Gasteiger charge is 2.14. The maximum absolute atomic E-state index is 13.2. The van der Waals surface area contributed by atoms with E-state index in [0.717, 1.165) is 42.2 Å². The second-order valence-electron chi connectivity index (χ2n) is 7.87. The Morgan fingerprint density at radius 2 is 1.90 bits per heavy atom. The number of aromatic nitrogens is 5. The molecule has 0 spiro atoms. The summed E-state index contributed by atoms with van der Waals surface area (Å²) in [7, 11) is 0. The van der Waals surface area contributed by atoms with E-state index in [-0.39, 0.29) is 11.7 Å². The predicted octanol–water partition coefficient (Wildman–Crippen LogP) is 2.33. The highest BCUT2D eigenvalue weighted by molar-refractivity contribution is 5.77. The van der Waals surface area contributed by atoms with Crippen molar-refractivity contribution in [2.45, 2.75) is 25.7 Å². The largest absolute Gasteiger partial charge is 0.355 e. The van der Waals surface area contributed by atoms with Crippen LogP contribution in [0.4, 0.5) is 4.39 Å². The van der Waals surface area contributed by atoms with Gasteiger partial charge in [0.2, 0.25) is 5.91 Å². The molecule has 5 rings (SSSR count). The number of amides is 1. The maximum Gasteiger partial charge on any atom is 0.220 e. The first kappa shape index (κ1) is 19.6. The zero-order valence-electron chi connectivity index (χ0n) is 17.2. The van der Waals surface area contributed by atoms with Gasteiger partial charge in [0.1, 0.15) is 17.2 Å². The number of nitrogens with one attached hydrogen (secondary N) is 1. The summed E-state index contributed by atoms with van der Waals surface area (Å²) >= 11 is 0. The average molecular weight is 421 g/mol. The minimum Gasteiger partial charge on any atom is -0.355 e. The number of fused-ring (bicyclic) bond motifs is 3. The molecule has 160 valence electrons. The third-order valence-electron chi connectivity index (χ3n) is 5.75. The Bertz CT molecular complexity index is 1210. The van der Waals surface area contributed by atoms with Crippen molar-refractivity contribution in [1.29, 1.82) is 0 Å². The Labute approximate surface area is 178 Å². The number of carbonyl (C=O) groups excluding carboxylic acids is 1. The first-order chi connectivity index (χ1) is 15.2. The summed E-state index contributed by atoms with van der Waals surface area (Å²) in [6, 6.07) is 8.14. The molecule has 4 heterocycles. The zero-order valence-corrected chi connectivity index (χ0v) is 17.2. The van der Waals surface area contributed by atoms with Crippen molar-refractivity contribution < 1.29 is 9.18 Å². The Hall–Kier alpha value is -3.33. The molecule has 1 amide bonds. The van der Waals surface area contributed by atoms with E-state index < -0.39 is 0 Å². The van der Waals surface area contributed by atoms with Gasteiger partial charge in [0, 0.05) is 43.9 Å². The first-order valence-corrected chi connectivity index (χ1v) is 10.6. The third-order valence-corrected chi connectivity index (χ3v) is 5.75. The second-order valence-corrected chi connectivity index (χ2v) is 7.87. The number of rotatable bonds is 7. The lowest BCUT2D eigenvalue weighted by atomic mass is 10.1. The van der Waals surface area contributed by atoms with Crippen LogP contribution in [0.5, 0.6) is 0 Å². The molecule has 3 aromatic heterocycles. The summed E-state index contributed by atoms with van der Waals surface area (Å²) in [5.41, 5.74) is 3.03. The molecule has 31 heavy (non-hydrogen) atoms. The van der Waals surface area contributed by atoms with Gasteiger partial charge >= 0.3 is 0 Å². The SMILES string of the molecule is O=C(CCc1nnc2c3cc(-c4ccc(F)cc4)nn3ccn12)NCCN1CCCC1. The Balaban J connectivity index is 1.27. The number of carbonyl (C=O) groups is 1. The van der Waals surface area contributed by atoms with Crippen molar-refractivity contribution in [3.8, 4) is 11.3 Å². The number of halogens is 1. The van der Waals surface area contributed by atoms with Crippen molar-refractivity contribution in [2.24, 2.45) is 0 Å². The fourth-order valence-corrected chi connectivity index (χ4v) is 4.07. The van der Waals surface area contributed by atoms with Gasteiger partial charge in [-0.05, 0) is 56.3 Å². The summed E-state index contributed by atoms with van der Waals surface area (Å²) in [4.78, 5) is 14.6. The number of hydrogen-bond donors (Lipinski definition) is 1. The lowest BCUT2D eigenvalue weighted by molar-refractivity contribution is -0.121. The molecule has 1 aliphatic rings. The van der Waals surface area contributed by atoms with Gasteiger partial charge in [-0.2, -0.15) is 5.10 Å². The van der Waals surface area contributed by atoms with E-state index in [9.17, 15) is 9.18 Å². The molecule has 4 aromatic rings. The normalized spacial score (nSPS) is 14.6. The summed E-state index contributed by atoms with van der Waals surface area (Å²) in [5.74, 6) is 0.480. The van der Waals surface area contributed by atoms with Crippen LogP contribution in [0.2, 0.25) is 0 Å². The molecule has 1 N–H and O–H groups in total. The van der Waals surface area contributed by atoms with Crippen LogP contribution >= 0.6 is 0 Å². The van der Waals surface area contributed by atoms with E-state index in [1.54, 1.807) is 16.6 Å². The predicted molar refractivity (Wildman–Crippen MR) is 114 cm³/mol. The van der Waals surface area contributed by atoms with E-state index in [0.29, 0.717) is 25.0 Å². The van der Waals surface area contributed by atoms with Crippen LogP contribution < -0.4 is 5.32 Å². The molecule has 1 aliphatic heterocycles. The van der Waals surface area contributed by atoms with Gasteiger partial charge in [-0.15, -0.1) is 10.2 Å². The van der Waals surface area contributed by atoms with E-state index in [4.69, 9.17) is 0 Å². The van der Waals surface area contributed by atoms with Crippen LogP contribution in [0.25, 0.3) is 22.4 Å². The Morgan fingerprint density at radius 3 is 2.71 bits per heavy atom. The van der Waals surface area contributed by atoms with Crippen molar-refractivity contribution in [2.75, 3.05) is 26.2 Å². The number of hydrogen-bond acceptors (Lipinski definition) is 5. The Kier molecular flexibility index (Phi) is 5.33. The van der Waals surface area contributed by atoms with E-state index >= 15 is 0 Å². The molecular weight excluding hydrogens is 397 g/mol. The van der Waals surface area contributed by atoms with Crippen molar-refractivity contribution >= 4 is 17.1 Å². The lowest BCUT2D eigenvalue weighted by Gasteiger charge is -2.14. The fraction of sp³-hybridized carbons (Fsp3) is 0.364. The second kappa shape index (κ2) is 8.43. The highest BCUT2D eigenvalue weighted by Crippen LogP contribution is 2.22. The molecule has 0 bridgehead atoms. The standard InChI is InChI=1S/C22H24FN7O/c23-17-5-3-16(4-6-17)18-15-19-22-26-25-20(29(22)13-14-30(19)27-18)7-8-21(31)24-9-12-28-10-1-2-11-28/h3-6,13-15H,1-2,7-12H2,(H,24,31). The van der Waals surface area contributed by atoms with Crippen molar-refractivity contribution in [3.05, 3.63) is 54.4 Å². The Morgan fingerprint density at radius 1 is 1.10 bits per heavy atom. The van der Waals surface area contributed by atoms with Crippen LogP contribution in [0.3, 0.4) is 0 Å². The van der Waals surface area contributed by atoms with Crippen LogP contribution in [0, 0.1) is 5.82 Å². The average Bonchev–Trinajstić information content (AvgIpc) is 3.51. The summed E-state index contributed by atoms with van der Waals surface area (Å²) in [6.07, 6.45) is 7.06. The molecule has 0 atom stereocenters. The number of likely N-dealkylation sites (tertiary alicyclic amines) is 1. The van der Waals surface area contributed by atoms with Crippen LogP contribution in [-0.2, 0) is 11.2 Å². The van der Waals surface area contributed by atoms with Gasteiger partial charge < -0.3 is 10.2 Å². The van der Waals surface area contributed by atoms with E-state index in [2.05, 4.69) is 25.5 Å². The molecule has 0 unspecified atom stereocenters. The maximum atomic E-state index is 13.2. The quantitative estimate of drug-likeness (QED) is 0.496. The molecule has 1 fully saturated rings. The topological polar surface area (TPSA) is 79.8 Å². The monoisotopic (exact) mass is 421 g/mol. The molecule has 1 saturated heterocycles. The molecule has 9 heteroatoms. The first-order valence-electron chi connectivity index (χ1n) is 10.6. The molecule has 0 aliphatic carbocycles. The van der Waals surface area contributed by atoms with Crippen LogP contribution in [0.1, 0.15) is 25.1 Å². The third kappa shape index (κ3) is 4.13. The van der Waals surface area contributed by atoms with Crippen LogP contribution in [-0.4, -0.2) is 61.2 Å². The van der Waals surface area contributed by atoms with Gasteiger partial charge in [-0.3, -0.25) is 9.20 Å². The number of aryl methyl sites for hydroxylation is 1. The van der Waals surface area contributed by atoms with Gasteiger partial charge in [0.25, 0.3) is 0 Å². The van der Waals surface area contributed by atoms with Gasteiger partial charge in [0.15, 0.2) is 5.65 Å². The lowest BCUT2D eigenvalue weighted by Crippen LogP contribution is -2.33. The van der Waals surface area contributed by atoms with E-state index in [1.807, 2.05) is 22.9 Å². The smallest absolute Gasteiger partial charge is 0.220 e. The van der Waals surface area contributed by atoms with Gasteiger partial charge in [-0.1, -0.05) is 0 Å². The molecule has 0 saturated carbocycles. The minimum absolute atomic E-state index is 0.0278.